The fraction of sp³-hybridized carbons (Fsp3) is 0.143. The minimum Gasteiger partial charge on any atom is -0.399 e. The Balaban J connectivity index is 1.31. The Morgan fingerprint density at radius 1 is 0.519 bits per heavy atom. The zero-order chi connectivity index (χ0) is 40.2. The van der Waals surface area contributed by atoms with Crippen molar-refractivity contribution in [2.75, 3.05) is 0 Å². The number of hydrogen-bond donors (Lipinski definition) is 0. The first kappa shape index (κ1) is 29.4. The van der Waals surface area contributed by atoms with Gasteiger partial charge in [-0.1, -0.05) is 175 Å². The van der Waals surface area contributed by atoms with E-state index in [1.54, 1.807) is 11.8 Å². The van der Waals surface area contributed by atoms with Gasteiger partial charge in [-0.15, -0.1) is 0 Å². The molecule has 54 heavy (non-hydrogen) atoms. The summed E-state index contributed by atoms with van der Waals surface area (Å²) in [4.78, 5) is 2.29. The van der Waals surface area contributed by atoms with Gasteiger partial charge in [-0.25, -0.2) is 0 Å². The van der Waals surface area contributed by atoms with Gasteiger partial charge in [-0.3, -0.25) is 0 Å². The molecule has 2 nitrogen and oxygen atoms in total. The highest BCUT2D eigenvalue weighted by Gasteiger charge is 2.53. The molecule has 0 saturated carbocycles. The van der Waals surface area contributed by atoms with Crippen molar-refractivity contribution in [2.24, 2.45) is 0 Å². The van der Waals surface area contributed by atoms with E-state index in [1.807, 2.05) is 64.1 Å². The summed E-state index contributed by atoms with van der Waals surface area (Å²) in [7, 11) is -4.70. The van der Waals surface area contributed by atoms with E-state index in [1.165, 1.54) is 38.3 Å². The van der Waals surface area contributed by atoms with Crippen LogP contribution in [0.15, 0.2) is 186 Å². The van der Waals surface area contributed by atoms with Crippen LogP contribution in [0, 0.1) is 0 Å². The summed E-state index contributed by atoms with van der Waals surface area (Å²) >= 11 is 1.77. The molecule has 0 radical (unpaired) electrons. The van der Waals surface area contributed by atoms with Gasteiger partial charge in [0.15, 0.2) is 8.07 Å². The average Bonchev–Trinajstić information content (AvgIpc) is 3.64. The molecular formula is C49H41BO2SSi. The molecule has 0 bridgehead atoms. The number of hydrogen-bond acceptors (Lipinski definition) is 3. The molecule has 1 spiro atoms. The van der Waals surface area contributed by atoms with Crippen LogP contribution < -0.4 is 26.2 Å². The maximum absolute atomic E-state index is 10.2. The van der Waals surface area contributed by atoms with Crippen LogP contribution in [0.4, 0.5) is 0 Å². The van der Waals surface area contributed by atoms with Gasteiger partial charge in [0.1, 0.15) is 0 Å². The maximum Gasteiger partial charge on any atom is 0.494 e. The molecule has 7 aromatic rings. The van der Waals surface area contributed by atoms with Crippen molar-refractivity contribution in [3.8, 4) is 11.1 Å². The van der Waals surface area contributed by atoms with Gasteiger partial charge in [0.05, 0.1) is 22.1 Å². The summed E-state index contributed by atoms with van der Waals surface area (Å²) in [6.45, 7) is 7.80. The molecule has 0 amide bonds. The van der Waals surface area contributed by atoms with E-state index in [-0.39, 0.29) is 29.6 Å². The average molecular weight is 737 g/mol. The quantitative estimate of drug-likeness (QED) is 0.131. The summed E-state index contributed by atoms with van der Waals surface area (Å²) in [6.07, 6.45) is 0. The van der Waals surface area contributed by atoms with Gasteiger partial charge in [0.2, 0.25) is 0 Å². The molecule has 2 heterocycles. The molecule has 0 atom stereocenters. The third-order valence-corrected chi connectivity index (χ3v) is 17.9. The van der Waals surface area contributed by atoms with Crippen LogP contribution in [-0.4, -0.2) is 26.4 Å². The van der Waals surface area contributed by atoms with Gasteiger partial charge in [-0.2, -0.15) is 0 Å². The van der Waals surface area contributed by atoms with Crippen LogP contribution in [-0.2, 0) is 14.7 Å². The minimum absolute atomic E-state index is 0.0229. The van der Waals surface area contributed by atoms with Crippen molar-refractivity contribution < 1.29 is 14.8 Å². The largest absolute Gasteiger partial charge is 0.494 e. The lowest BCUT2D eigenvalue weighted by molar-refractivity contribution is 0.00578. The lowest BCUT2D eigenvalue weighted by Gasteiger charge is -2.41. The number of rotatable bonds is 5. The van der Waals surface area contributed by atoms with E-state index in [2.05, 4.69) is 115 Å². The highest BCUT2D eigenvalue weighted by Crippen LogP contribution is 2.61. The van der Waals surface area contributed by atoms with E-state index in [0.29, 0.717) is 5.19 Å². The number of fused-ring (bicyclic) bond motifs is 9. The third kappa shape index (κ3) is 4.69. The van der Waals surface area contributed by atoms with Gasteiger partial charge in [0.25, 0.3) is 0 Å². The Labute approximate surface area is 330 Å². The van der Waals surface area contributed by atoms with E-state index in [0.717, 1.165) is 20.5 Å². The number of benzene rings is 7. The van der Waals surface area contributed by atoms with E-state index in [4.69, 9.17) is 9.31 Å². The van der Waals surface area contributed by atoms with Crippen molar-refractivity contribution in [2.45, 2.75) is 54.1 Å². The van der Waals surface area contributed by atoms with Crippen LogP contribution in [0.1, 0.15) is 55.4 Å². The zero-order valence-corrected chi connectivity index (χ0v) is 32.6. The van der Waals surface area contributed by atoms with Gasteiger partial charge >= 0.3 is 7.12 Å². The second-order valence-electron chi connectivity index (χ2n) is 15.5. The topological polar surface area (TPSA) is 18.5 Å². The Kier molecular flexibility index (Phi) is 6.71. The molecule has 0 N–H and O–H groups in total. The molecule has 5 heteroatoms. The molecule has 1 fully saturated rings. The molecule has 0 unspecified atom stereocenters. The SMILES string of the molecule is [2H]c1c([2H])c(B2OC(C)(C)C(C)(C)O2)c([2H])c([Si](c2ccccc2)(c2ccccc2)c2ccc3c(c2)Sc2ccccc2C32c3ccccc3-c3ccccc32)c1[2H]. The Morgan fingerprint density at radius 3 is 1.65 bits per heavy atom. The minimum atomic E-state index is -3.65. The normalized spacial score (nSPS) is 18.1. The van der Waals surface area contributed by atoms with Gasteiger partial charge in [0, 0.05) is 9.79 Å². The first-order chi connectivity index (χ1) is 27.9. The highest BCUT2D eigenvalue weighted by atomic mass is 32.2. The van der Waals surface area contributed by atoms with E-state index >= 15 is 0 Å². The Hall–Kier alpha value is -4.91. The van der Waals surface area contributed by atoms with Crippen LogP contribution in [0.3, 0.4) is 0 Å². The molecule has 3 aliphatic rings. The van der Waals surface area contributed by atoms with Gasteiger partial charge in [-0.05, 0) is 99.4 Å². The van der Waals surface area contributed by atoms with Crippen LogP contribution in [0.5, 0.6) is 0 Å². The summed E-state index contributed by atoms with van der Waals surface area (Å²) in [6, 6.07) is 53.1. The predicted molar refractivity (Wildman–Crippen MR) is 227 cm³/mol. The van der Waals surface area contributed by atoms with Crippen molar-refractivity contribution >= 4 is 53.2 Å². The molecule has 2 aliphatic heterocycles. The van der Waals surface area contributed by atoms with Crippen LogP contribution in [0.25, 0.3) is 11.1 Å². The lowest BCUT2D eigenvalue weighted by atomic mass is 9.67. The standard InChI is InChI=1S/C49H41BO2SSi/c1-47(2)48(3,4)52-50(51-47)34-18-17-23-37(32-34)54(35-19-7-5-8-20-35,36-21-9-6-10-22-36)38-30-31-44-46(33-38)53-45-29-16-15-28-43(45)49(44)41-26-13-11-24-39(41)40-25-12-14-27-42(40)49/h5-33H,1-4H3/i17D,18D,23D,32D. The highest BCUT2D eigenvalue weighted by molar-refractivity contribution is 7.99. The van der Waals surface area contributed by atoms with Gasteiger partial charge < -0.3 is 9.31 Å². The lowest BCUT2D eigenvalue weighted by Crippen LogP contribution is -2.75. The van der Waals surface area contributed by atoms with Crippen molar-refractivity contribution in [1.82, 2.24) is 0 Å². The molecule has 10 rings (SSSR count). The molecule has 0 aromatic heterocycles. The molecular weight excluding hydrogens is 692 g/mol. The first-order valence-corrected chi connectivity index (χ1v) is 21.4. The van der Waals surface area contributed by atoms with Crippen molar-refractivity contribution in [3.05, 3.63) is 198 Å². The Morgan fingerprint density at radius 2 is 1.04 bits per heavy atom. The second kappa shape index (κ2) is 12.3. The fourth-order valence-electron chi connectivity index (χ4n) is 9.03. The van der Waals surface area contributed by atoms with Crippen molar-refractivity contribution in [1.29, 1.82) is 0 Å². The fourth-order valence-corrected chi connectivity index (χ4v) is 14.9. The predicted octanol–water partition coefficient (Wildman–Crippen LogP) is 8.19. The van der Waals surface area contributed by atoms with Crippen molar-refractivity contribution in [3.63, 3.8) is 0 Å². The molecule has 7 aromatic carbocycles. The summed E-state index contributed by atoms with van der Waals surface area (Å²) in [5.74, 6) is 0. The third-order valence-electron chi connectivity index (χ3n) is 12.2. The van der Waals surface area contributed by atoms with E-state index < -0.39 is 31.8 Å². The van der Waals surface area contributed by atoms with Crippen LogP contribution in [0.2, 0.25) is 0 Å². The maximum atomic E-state index is 10.2. The summed E-state index contributed by atoms with van der Waals surface area (Å²) in [5, 5.41) is 3.40. The monoisotopic (exact) mass is 736 g/mol. The van der Waals surface area contributed by atoms with E-state index in [9.17, 15) is 5.48 Å². The summed E-state index contributed by atoms with van der Waals surface area (Å²) < 4.78 is 51.6. The smallest absolute Gasteiger partial charge is 0.399 e. The van der Waals surface area contributed by atoms with Crippen LogP contribution >= 0.6 is 11.8 Å². The second-order valence-corrected chi connectivity index (χ2v) is 20.3. The summed E-state index contributed by atoms with van der Waals surface area (Å²) in [5.41, 5.74) is 5.60. The molecule has 1 aliphatic carbocycles. The Bertz CT molecular complexity index is 2690. The first-order valence-electron chi connectivity index (χ1n) is 20.6. The molecule has 1 saturated heterocycles. The zero-order valence-electron chi connectivity index (χ0n) is 34.7. The molecule has 262 valence electrons.